The van der Waals surface area contributed by atoms with E-state index in [1.54, 1.807) is 6.08 Å². The molecule has 2 aromatic rings. The summed E-state index contributed by atoms with van der Waals surface area (Å²) in [4.78, 5) is 26.4. The van der Waals surface area contributed by atoms with Crippen LogP contribution in [0.1, 0.15) is 16.7 Å². The van der Waals surface area contributed by atoms with Gasteiger partial charge in [-0.25, -0.2) is 0 Å². The fourth-order valence-corrected chi connectivity index (χ4v) is 3.83. The molecule has 0 saturated carbocycles. The first-order chi connectivity index (χ1) is 12.4. The Hall–Kier alpha value is -2.05. The number of carbonyl (C=O) groups excluding carboxylic acids is 2. The van der Waals surface area contributed by atoms with Crippen molar-refractivity contribution in [1.29, 1.82) is 0 Å². The van der Waals surface area contributed by atoms with Crippen molar-refractivity contribution >= 4 is 44.9 Å². The first-order valence-electron chi connectivity index (χ1n) is 8.15. The summed E-state index contributed by atoms with van der Waals surface area (Å²) in [6, 6.07) is 13.6. The van der Waals surface area contributed by atoms with Crippen LogP contribution in [-0.4, -0.2) is 29.2 Å². The first-order valence-corrected chi connectivity index (χ1v) is 9.76. The van der Waals surface area contributed by atoms with Crippen LogP contribution >= 0.6 is 27.7 Å². The van der Waals surface area contributed by atoms with E-state index in [2.05, 4.69) is 15.9 Å². The van der Waals surface area contributed by atoms with Gasteiger partial charge in [-0.15, -0.1) is 0 Å². The Labute approximate surface area is 165 Å². The van der Waals surface area contributed by atoms with Gasteiger partial charge in [0.1, 0.15) is 12.4 Å². The highest BCUT2D eigenvalue weighted by Crippen LogP contribution is 2.32. The minimum atomic E-state index is -0.274. The third-order valence-electron chi connectivity index (χ3n) is 3.94. The quantitative estimate of drug-likeness (QED) is 0.611. The molecule has 6 heteroatoms. The van der Waals surface area contributed by atoms with Gasteiger partial charge in [0.2, 0.25) is 0 Å². The number of aryl methyl sites for hydroxylation is 2. The van der Waals surface area contributed by atoms with Gasteiger partial charge in [0, 0.05) is 4.47 Å². The van der Waals surface area contributed by atoms with Gasteiger partial charge in [-0.3, -0.25) is 14.5 Å². The molecule has 0 aromatic heterocycles. The molecule has 0 spiro atoms. The van der Waals surface area contributed by atoms with Gasteiger partial charge in [-0.2, -0.15) is 0 Å². The van der Waals surface area contributed by atoms with Gasteiger partial charge in [0.05, 0.1) is 11.4 Å². The highest BCUT2D eigenvalue weighted by atomic mass is 79.9. The summed E-state index contributed by atoms with van der Waals surface area (Å²) in [5, 5.41) is -0.263. The highest BCUT2D eigenvalue weighted by molar-refractivity contribution is 9.10. The predicted octanol–water partition coefficient (Wildman–Crippen LogP) is 5.18. The van der Waals surface area contributed by atoms with Gasteiger partial charge in [0.15, 0.2) is 0 Å². The lowest BCUT2D eigenvalue weighted by Crippen LogP contribution is -2.32. The third kappa shape index (κ3) is 4.37. The number of amides is 2. The summed E-state index contributed by atoms with van der Waals surface area (Å²) in [5.74, 6) is 0.506. The topological polar surface area (TPSA) is 46.6 Å². The Kier molecular flexibility index (Phi) is 5.84. The van der Waals surface area contributed by atoms with E-state index in [1.807, 2.05) is 56.3 Å². The molecule has 1 aliphatic heterocycles. The van der Waals surface area contributed by atoms with Crippen LogP contribution in [-0.2, 0) is 4.79 Å². The maximum Gasteiger partial charge on any atom is 0.293 e. The van der Waals surface area contributed by atoms with Crippen molar-refractivity contribution in [2.75, 3.05) is 13.2 Å². The Bertz CT molecular complexity index is 894. The molecule has 0 bridgehead atoms. The van der Waals surface area contributed by atoms with E-state index in [4.69, 9.17) is 4.74 Å². The number of carbonyl (C=O) groups is 2. The molecule has 0 aliphatic carbocycles. The summed E-state index contributed by atoms with van der Waals surface area (Å²) >= 11 is 4.36. The fourth-order valence-electron chi connectivity index (χ4n) is 2.55. The maximum absolute atomic E-state index is 12.5. The van der Waals surface area contributed by atoms with Crippen LogP contribution in [0.4, 0.5) is 4.79 Å². The number of rotatable bonds is 5. The van der Waals surface area contributed by atoms with Gasteiger partial charge in [-0.1, -0.05) is 40.2 Å². The van der Waals surface area contributed by atoms with E-state index in [0.717, 1.165) is 38.7 Å². The zero-order valence-electron chi connectivity index (χ0n) is 14.5. The second-order valence-electron chi connectivity index (χ2n) is 6.01. The number of ether oxygens (including phenoxy) is 1. The Morgan fingerprint density at radius 2 is 1.96 bits per heavy atom. The lowest BCUT2D eigenvalue weighted by Gasteiger charge is -2.14. The molecular formula is C20H18BrNO3S. The third-order valence-corrected chi connectivity index (χ3v) is 5.34. The molecule has 134 valence electrons. The van der Waals surface area contributed by atoms with Crippen LogP contribution in [0, 0.1) is 13.8 Å². The average molecular weight is 432 g/mol. The highest BCUT2D eigenvalue weighted by Gasteiger charge is 2.34. The molecule has 0 N–H and O–H groups in total. The van der Waals surface area contributed by atoms with Crippen LogP contribution in [0.5, 0.6) is 5.75 Å². The van der Waals surface area contributed by atoms with Crippen LogP contribution < -0.4 is 4.74 Å². The van der Waals surface area contributed by atoms with Crippen molar-refractivity contribution in [3.05, 3.63) is 68.5 Å². The Balaban J connectivity index is 1.65. The normalized spacial score (nSPS) is 15.8. The van der Waals surface area contributed by atoms with Gasteiger partial charge in [-0.05, 0) is 66.6 Å². The molecule has 1 aliphatic rings. The van der Waals surface area contributed by atoms with Crippen LogP contribution in [0.25, 0.3) is 6.08 Å². The van der Waals surface area contributed by atoms with Crippen LogP contribution in [0.2, 0.25) is 0 Å². The number of benzene rings is 2. The SMILES string of the molecule is Cc1ccc(C)c(OCCN2C(=O)S/C(=C\c3cccc(Br)c3)C2=O)c1. The second kappa shape index (κ2) is 8.10. The number of imide groups is 1. The standard InChI is InChI=1S/C20H18BrNO3S/c1-13-6-7-14(2)17(10-13)25-9-8-22-19(23)18(26-20(22)24)12-15-4-3-5-16(21)11-15/h3-7,10-12H,8-9H2,1-2H3/b18-12-. The monoisotopic (exact) mass is 431 g/mol. The lowest BCUT2D eigenvalue weighted by molar-refractivity contribution is -0.123. The summed E-state index contributed by atoms with van der Waals surface area (Å²) in [6.07, 6.45) is 1.74. The minimum absolute atomic E-state index is 0.230. The van der Waals surface area contributed by atoms with Crippen LogP contribution in [0.3, 0.4) is 0 Å². The number of halogens is 1. The second-order valence-corrected chi connectivity index (χ2v) is 7.91. The fraction of sp³-hybridized carbons (Fsp3) is 0.200. The minimum Gasteiger partial charge on any atom is -0.491 e. The van der Waals surface area contributed by atoms with Crippen molar-refractivity contribution in [3.63, 3.8) is 0 Å². The molecule has 2 amide bonds. The lowest BCUT2D eigenvalue weighted by atomic mass is 10.1. The number of thioether (sulfide) groups is 1. The zero-order chi connectivity index (χ0) is 18.7. The van der Waals surface area contributed by atoms with Crippen molar-refractivity contribution in [2.24, 2.45) is 0 Å². The summed E-state index contributed by atoms with van der Waals surface area (Å²) in [5.41, 5.74) is 3.00. The smallest absolute Gasteiger partial charge is 0.293 e. The zero-order valence-corrected chi connectivity index (χ0v) is 16.9. The Morgan fingerprint density at radius 3 is 2.73 bits per heavy atom. The molecule has 0 radical (unpaired) electrons. The number of nitrogens with zero attached hydrogens (tertiary/aromatic N) is 1. The van der Waals surface area contributed by atoms with E-state index in [1.165, 1.54) is 4.90 Å². The average Bonchev–Trinajstić information content (AvgIpc) is 2.85. The van der Waals surface area contributed by atoms with Gasteiger partial charge in [0.25, 0.3) is 11.1 Å². The van der Waals surface area contributed by atoms with E-state index in [9.17, 15) is 9.59 Å². The van der Waals surface area contributed by atoms with E-state index in [0.29, 0.717) is 4.91 Å². The summed E-state index contributed by atoms with van der Waals surface area (Å²) in [7, 11) is 0. The Morgan fingerprint density at radius 1 is 1.15 bits per heavy atom. The van der Waals surface area contributed by atoms with Crippen LogP contribution in [0.15, 0.2) is 51.8 Å². The van der Waals surface area contributed by atoms with Crippen molar-refractivity contribution < 1.29 is 14.3 Å². The maximum atomic E-state index is 12.5. The molecule has 3 rings (SSSR count). The van der Waals surface area contributed by atoms with E-state index < -0.39 is 0 Å². The molecule has 26 heavy (non-hydrogen) atoms. The molecule has 2 aromatic carbocycles. The van der Waals surface area contributed by atoms with E-state index >= 15 is 0 Å². The molecule has 0 unspecified atom stereocenters. The van der Waals surface area contributed by atoms with Crippen molar-refractivity contribution in [3.8, 4) is 5.75 Å². The number of hydrogen-bond acceptors (Lipinski definition) is 4. The van der Waals surface area contributed by atoms with E-state index in [-0.39, 0.29) is 24.3 Å². The van der Waals surface area contributed by atoms with Crippen molar-refractivity contribution in [1.82, 2.24) is 4.90 Å². The van der Waals surface area contributed by atoms with Gasteiger partial charge < -0.3 is 4.74 Å². The molecule has 1 saturated heterocycles. The summed E-state index contributed by atoms with van der Waals surface area (Å²) in [6.45, 7) is 4.46. The molecule has 1 heterocycles. The first kappa shape index (κ1) is 18.7. The molecular weight excluding hydrogens is 414 g/mol. The molecule has 0 atom stereocenters. The van der Waals surface area contributed by atoms with Crippen molar-refractivity contribution in [2.45, 2.75) is 13.8 Å². The number of hydrogen-bond donors (Lipinski definition) is 0. The molecule has 1 fully saturated rings. The van der Waals surface area contributed by atoms with Gasteiger partial charge >= 0.3 is 0 Å². The predicted molar refractivity (Wildman–Crippen MR) is 108 cm³/mol. The summed E-state index contributed by atoms with van der Waals surface area (Å²) < 4.78 is 6.69. The largest absolute Gasteiger partial charge is 0.491 e. The molecule has 4 nitrogen and oxygen atoms in total.